The van der Waals surface area contributed by atoms with Crippen LogP contribution in [0.25, 0.3) is 0 Å². The Bertz CT molecular complexity index is 1040. The van der Waals surface area contributed by atoms with Crippen molar-refractivity contribution in [3.8, 4) is 11.5 Å². The second-order valence-electron chi connectivity index (χ2n) is 11.9. The molecule has 0 aromatic heterocycles. The number of benzene rings is 1. The molecule has 1 aliphatic heterocycles. The third kappa shape index (κ3) is 4.42. The van der Waals surface area contributed by atoms with E-state index in [1.807, 2.05) is 46.0 Å². The molecule has 184 valence electrons. The zero-order valence-corrected chi connectivity index (χ0v) is 22.0. The van der Waals surface area contributed by atoms with Gasteiger partial charge in [0.1, 0.15) is 0 Å². The summed E-state index contributed by atoms with van der Waals surface area (Å²) in [4.78, 5) is 29.4. The number of carbonyl (C=O) groups is 2. The van der Waals surface area contributed by atoms with Crippen LogP contribution < -0.4 is 9.47 Å². The number of nitrogens with zero attached hydrogens (tertiary/aromatic N) is 1. The first-order chi connectivity index (χ1) is 15.8. The molecule has 0 saturated heterocycles. The Balaban J connectivity index is 1.93. The van der Waals surface area contributed by atoms with E-state index in [0.29, 0.717) is 30.9 Å². The van der Waals surface area contributed by atoms with Gasteiger partial charge in [-0.05, 0) is 62.1 Å². The molecule has 0 radical (unpaired) electrons. The lowest BCUT2D eigenvalue weighted by atomic mass is 9.64. The SMILES string of the molecule is CCOc1cc(C2C3=C(CC(C)(C)CC3=O)N(C)C3=C2C(=O)CC(C)(C)C3)ccc1OC(C)C. The number of rotatable bonds is 5. The van der Waals surface area contributed by atoms with Crippen molar-refractivity contribution in [2.45, 2.75) is 86.2 Å². The van der Waals surface area contributed by atoms with Gasteiger partial charge < -0.3 is 14.4 Å². The molecule has 3 aliphatic rings. The summed E-state index contributed by atoms with van der Waals surface area (Å²) >= 11 is 0. The maximum atomic E-state index is 13.6. The van der Waals surface area contributed by atoms with Crippen LogP contribution in [0.3, 0.4) is 0 Å². The van der Waals surface area contributed by atoms with Crippen LogP contribution in [0.4, 0.5) is 0 Å². The van der Waals surface area contributed by atoms with Gasteiger partial charge in [-0.15, -0.1) is 0 Å². The van der Waals surface area contributed by atoms with Crippen molar-refractivity contribution in [1.82, 2.24) is 4.90 Å². The summed E-state index contributed by atoms with van der Waals surface area (Å²) in [7, 11) is 2.04. The first kappa shape index (κ1) is 24.6. The maximum absolute atomic E-state index is 13.6. The van der Waals surface area contributed by atoms with E-state index >= 15 is 0 Å². The lowest BCUT2D eigenvalue weighted by Gasteiger charge is -2.47. The van der Waals surface area contributed by atoms with E-state index in [2.05, 4.69) is 32.6 Å². The maximum Gasteiger partial charge on any atom is 0.162 e. The van der Waals surface area contributed by atoms with Crippen molar-refractivity contribution in [3.63, 3.8) is 0 Å². The molecule has 0 saturated carbocycles. The molecule has 5 heteroatoms. The summed E-state index contributed by atoms with van der Waals surface area (Å²) in [6, 6.07) is 5.91. The van der Waals surface area contributed by atoms with Crippen LogP contribution in [0.5, 0.6) is 11.5 Å². The van der Waals surface area contributed by atoms with Gasteiger partial charge in [0, 0.05) is 48.3 Å². The summed E-state index contributed by atoms with van der Waals surface area (Å²) < 4.78 is 11.9. The van der Waals surface area contributed by atoms with Gasteiger partial charge in [0.2, 0.25) is 0 Å². The quantitative estimate of drug-likeness (QED) is 0.519. The fraction of sp³-hybridized carbons (Fsp3) is 0.586. The largest absolute Gasteiger partial charge is 0.490 e. The molecule has 0 N–H and O–H groups in total. The molecule has 0 spiro atoms. The number of allylic oxidation sites excluding steroid dienone is 4. The smallest absolute Gasteiger partial charge is 0.162 e. The Hall–Kier alpha value is -2.56. The molecule has 1 aromatic carbocycles. The Morgan fingerprint density at radius 2 is 1.44 bits per heavy atom. The topological polar surface area (TPSA) is 55.8 Å². The third-order valence-electron chi connectivity index (χ3n) is 7.14. The van der Waals surface area contributed by atoms with Crippen LogP contribution >= 0.6 is 0 Å². The number of Topliss-reactive ketones (excluding diaryl/α,β-unsaturated/α-hetero) is 2. The van der Waals surface area contributed by atoms with E-state index in [9.17, 15) is 9.59 Å². The fourth-order valence-corrected chi connectivity index (χ4v) is 5.82. The van der Waals surface area contributed by atoms with Crippen LogP contribution in [0, 0.1) is 10.8 Å². The van der Waals surface area contributed by atoms with E-state index in [1.165, 1.54) is 0 Å². The first-order valence-electron chi connectivity index (χ1n) is 12.5. The molecule has 0 unspecified atom stereocenters. The summed E-state index contributed by atoms with van der Waals surface area (Å²) in [5.74, 6) is 1.27. The predicted octanol–water partition coefficient (Wildman–Crippen LogP) is 6.19. The standard InChI is InChI=1S/C29H39NO4/c1-9-33-24-12-18(10-11-23(24)34-17(2)3)25-26-19(13-28(4,5)15-21(26)31)30(8)20-14-29(6,7)16-22(32)27(20)25/h10-12,17,25H,9,13-16H2,1-8H3. The molecule has 34 heavy (non-hydrogen) atoms. The Morgan fingerprint density at radius 1 is 0.912 bits per heavy atom. The molecule has 0 bridgehead atoms. The van der Waals surface area contributed by atoms with Gasteiger partial charge >= 0.3 is 0 Å². The van der Waals surface area contributed by atoms with Gasteiger partial charge in [-0.25, -0.2) is 0 Å². The van der Waals surface area contributed by atoms with Crippen molar-refractivity contribution in [1.29, 1.82) is 0 Å². The van der Waals surface area contributed by atoms with E-state index in [1.54, 1.807) is 0 Å². The number of ketones is 2. The second-order valence-corrected chi connectivity index (χ2v) is 11.9. The zero-order chi connectivity index (χ0) is 25.0. The van der Waals surface area contributed by atoms with Crippen molar-refractivity contribution in [2.75, 3.05) is 13.7 Å². The lowest BCUT2D eigenvalue weighted by molar-refractivity contribution is -0.119. The number of carbonyl (C=O) groups excluding carboxylic acids is 2. The summed E-state index contributed by atoms with van der Waals surface area (Å²) in [6.45, 7) is 15.0. The molecule has 5 nitrogen and oxygen atoms in total. The molecule has 2 aliphatic carbocycles. The molecule has 0 fully saturated rings. The van der Waals surface area contributed by atoms with Gasteiger partial charge in [0.25, 0.3) is 0 Å². The van der Waals surface area contributed by atoms with Crippen LogP contribution in [0.1, 0.15) is 85.6 Å². The molecular weight excluding hydrogens is 426 g/mol. The predicted molar refractivity (Wildman–Crippen MR) is 134 cm³/mol. The highest BCUT2D eigenvalue weighted by Crippen LogP contribution is 2.54. The number of hydrogen-bond donors (Lipinski definition) is 0. The summed E-state index contributed by atoms with van der Waals surface area (Å²) in [5, 5.41) is 0. The van der Waals surface area contributed by atoms with E-state index < -0.39 is 0 Å². The monoisotopic (exact) mass is 465 g/mol. The van der Waals surface area contributed by atoms with Crippen LogP contribution in [0.15, 0.2) is 40.7 Å². The highest BCUT2D eigenvalue weighted by atomic mass is 16.5. The molecule has 1 heterocycles. The Kier molecular flexibility index (Phi) is 6.20. The molecule has 4 rings (SSSR count). The zero-order valence-electron chi connectivity index (χ0n) is 22.0. The van der Waals surface area contributed by atoms with Gasteiger partial charge in [0.05, 0.1) is 12.7 Å². The molecular formula is C29H39NO4. The van der Waals surface area contributed by atoms with E-state index in [0.717, 1.165) is 40.9 Å². The second kappa shape index (κ2) is 8.58. The highest BCUT2D eigenvalue weighted by molar-refractivity contribution is 6.06. The average molecular weight is 466 g/mol. The normalized spacial score (nSPS) is 22.2. The van der Waals surface area contributed by atoms with E-state index in [-0.39, 0.29) is 34.4 Å². The van der Waals surface area contributed by atoms with Gasteiger partial charge in [-0.2, -0.15) is 0 Å². The minimum Gasteiger partial charge on any atom is -0.490 e. The number of ether oxygens (including phenoxy) is 2. The van der Waals surface area contributed by atoms with Crippen molar-refractivity contribution >= 4 is 11.6 Å². The Labute approximate surface area is 204 Å². The molecule has 0 atom stereocenters. The van der Waals surface area contributed by atoms with Crippen molar-refractivity contribution < 1.29 is 19.1 Å². The minimum absolute atomic E-state index is 0.0151. The van der Waals surface area contributed by atoms with Crippen molar-refractivity contribution in [2.24, 2.45) is 10.8 Å². The fourth-order valence-electron chi connectivity index (χ4n) is 5.82. The minimum atomic E-state index is -0.360. The first-order valence-corrected chi connectivity index (χ1v) is 12.5. The van der Waals surface area contributed by atoms with Gasteiger partial charge in [-0.3, -0.25) is 9.59 Å². The van der Waals surface area contributed by atoms with Crippen molar-refractivity contribution in [3.05, 3.63) is 46.3 Å². The third-order valence-corrected chi connectivity index (χ3v) is 7.14. The summed E-state index contributed by atoms with van der Waals surface area (Å²) in [5.41, 5.74) is 4.42. The molecule has 1 aromatic rings. The van der Waals surface area contributed by atoms with Crippen LogP contribution in [0.2, 0.25) is 0 Å². The Morgan fingerprint density at radius 3 is 1.91 bits per heavy atom. The van der Waals surface area contributed by atoms with Crippen LogP contribution in [-0.2, 0) is 9.59 Å². The van der Waals surface area contributed by atoms with E-state index in [4.69, 9.17) is 9.47 Å². The highest BCUT2D eigenvalue weighted by Gasteiger charge is 2.48. The molecule has 0 amide bonds. The van der Waals surface area contributed by atoms with Gasteiger partial charge in [0.15, 0.2) is 23.1 Å². The number of hydrogen-bond acceptors (Lipinski definition) is 5. The summed E-state index contributed by atoms with van der Waals surface area (Å²) in [6.07, 6.45) is 2.64. The lowest BCUT2D eigenvalue weighted by Crippen LogP contribution is -2.43. The average Bonchev–Trinajstić information content (AvgIpc) is 2.69. The van der Waals surface area contributed by atoms with Crippen LogP contribution in [-0.4, -0.2) is 36.2 Å². The van der Waals surface area contributed by atoms with Gasteiger partial charge in [-0.1, -0.05) is 33.8 Å².